The Morgan fingerprint density at radius 2 is 1.71 bits per heavy atom. The van der Waals surface area contributed by atoms with Gasteiger partial charge in [0.2, 0.25) is 0 Å². The van der Waals surface area contributed by atoms with Crippen LogP contribution in [0.15, 0.2) is 0 Å². The monoisotopic (exact) mass is 242 g/mol. The van der Waals surface area contributed by atoms with Gasteiger partial charge in [-0.15, -0.1) is 0 Å². The summed E-state index contributed by atoms with van der Waals surface area (Å²) >= 11 is 0. The summed E-state index contributed by atoms with van der Waals surface area (Å²) in [7, 11) is 2.27. The van der Waals surface area contributed by atoms with Crippen molar-refractivity contribution in [2.45, 2.75) is 72.4 Å². The van der Waals surface area contributed by atoms with Crippen molar-refractivity contribution < 1.29 is 0 Å². The third-order valence-corrected chi connectivity index (χ3v) is 3.39. The van der Waals surface area contributed by atoms with Crippen LogP contribution in [0.25, 0.3) is 0 Å². The van der Waals surface area contributed by atoms with Crippen LogP contribution in [-0.2, 0) is 0 Å². The Labute approximate surface area is 109 Å². The summed E-state index contributed by atoms with van der Waals surface area (Å²) in [6.45, 7) is 13.8. The first kappa shape index (κ1) is 16.9. The van der Waals surface area contributed by atoms with Crippen LogP contribution in [0.5, 0.6) is 0 Å². The summed E-state index contributed by atoms with van der Waals surface area (Å²) < 4.78 is 0. The maximum atomic E-state index is 3.67. The van der Waals surface area contributed by atoms with E-state index in [1.807, 2.05) is 0 Å². The van der Waals surface area contributed by atoms with Crippen LogP contribution in [0, 0.1) is 5.92 Å². The predicted molar refractivity (Wildman–Crippen MR) is 78.5 cm³/mol. The molecule has 0 aromatic carbocycles. The average Bonchev–Trinajstić information content (AvgIpc) is 2.25. The molecular weight excluding hydrogens is 208 g/mol. The van der Waals surface area contributed by atoms with Gasteiger partial charge in [-0.25, -0.2) is 0 Å². The molecule has 0 radical (unpaired) electrons. The molecule has 0 fully saturated rings. The Hall–Kier alpha value is -0.0800. The first-order valence-corrected chi connectivity index (χ1v) is 7.44. The second-order valence-electron chi connectivity index (χ2n) is 5.86. The molecule has 0 aromatic rings. The van der Waals surface area contributed by atoms with Gasteiger partial charge >= 0.3 is 0 Å². The lowest BCUT2D eigenvalue weighted by Crippen LogP contribution is -2.43. The van der Waals surface area contributed by atoms with E-state index in [0.29, 0.717) is 12.1 Å². The minimum absolute atomic E-state index is 0.666. The third kappa shape index (κ3) is 8.62. The van der Waals surface area contributed by atoms with Crippen LogP contribution in [-0.4, -0.2) is 37.1 Å². The van der Waals surface area contributed by atoms with Gasteiger partial charge in [0.05, 0.1) is 0 Å². The van der Waals surface area contributed by atoms with Crippen LogP contribution in [0.4, 0.5) is 0 Å². The van der Waals surface area contributed by atoms with Crippen LogP contribution < -0.4 is 5.32 Å². The fourth-order valence-electron chi connectivity index (χ4n) is 2.34. The van der Waals surface area contributed by atoms with Gasteiger partial charge in [-0.1, -0.05) is 34.1 Å². The van der Waals surface area contributed by atoms with Crippen molar-refractivity contribution >= 4 is 0 Å². The molecule has 0 bridgehead atoms. The number of nitrogens with one attached hydrogen (secondary N) is 1. The Morgan fingerprint density at radius 3 is 2.18 bits per heavy atom. The molecule has 0 spiro atoms. The van der Waals surface area contributed by atoms with E-state index < -0.39 is 0 Å². The lowest BCUT2D eigenvalue weighted by atomic mass is 10.0. The SMILES string of the molecule is CCCNC(CCC)CN(C)C(C)CC(C)C. The Bertz CT molecular complexity index is 168. The maximum Gasteiger partial charge on any atom is 0.0194 e. The molecule has 0 aliphatic heterocycles. The highest BCUT2D eigenvalue weighted by Crippen LogP contribution is 2.11. The van der Waals surface area contributed by atoms with Crippen molar-refractivity contribution in [1.29, 1.82) is 0 Å². The zero-order chi connectivity index (χ0) is 13.3. The van der Waals surface area contributed by atoms with E-state index in [1.54, 1.807) is 0 Å². The summed E-state index contributed by atoms with van der Waals surface area (Å²) in [6.07, 6.45) is 5.08. The molecule has 104 valence electrons. The van der Waals surface area contributed by atoms with E-state index in [0.717, 1.165) is 12.5 Å². The van der Waals surface area contributed by atoms with Crippen LogP contribution in [0.1, 0.15) is 60.3 Å². The summed E-state index contributed by atoms with van der Waals surface area (Å²) in [5, 5.41) is 3.67. The molecule has 0 heterocycles. The lowest BCUT2D eigenvalue weighted by molar-refractivity contribution is 0.201. The fraction of sp³-hybridized carbons (Fsp3) is 1.00. The van der Waals surface area contributed by atoms with E-state index in [-0.39, 0.29) is 0 Å². The molecule has 2 nitrogen and oxygen atoms in total. The van der Waals surface area contributed by atoms with E-state index in [2.05, 4.69) is 51.9 Å². The topological polar surface area (TPSA) is 15.3 Å². The zero-order valence-corrected chi connectivity index (χ0v) is 12.9. The van der Waals surface area contributed by atoms with Gasteiger partial charge in [0.15, 0.2) is 0 Å². The number of rotatable bonds is 10. The second-order valence-corrected chi connectivity index (χ2v) is 5.86. The maximum absolute atomic E-state index is 3.67. The molecule has 0 aliphatic rings. The molecule has 2 atom stereocenters. The smallest absolute Gasteiger partial charge is 0.0194 e. The van der Waals surface area contributed by atoms with E-state index >= 15 is 0 Å². The predicted octanol–water partition coefficient (Wildman–Crippen LogP) is 3.52. The number of hydrogen-bond donors (Lipinski definition) is 1. The van der Waals surface area contributed by atoms with Gasteiger partial charge in [0, 0.05) is 18.6 Å². The molecule has 0 saturated carbocycles. The first-order valence-electron chi connectivity index (χ1n) is 7.44. The molecule has 0 rings (SSSR count). The highest BCUT2D eigenvalue weighted by molar-refractivity contribution is 4.74. The van der Waals surface area contributed by atoms with Gasteiger partial charge in [0.25, 0.3) is 0 Å². The summed E-state index contributed by atoms with van der Waals surface area (Å²) in [4.78, 5) is 2.52. The van der Waals surface area contributed by atoms with Gasteiger partial charge in [-0.2, -0.15) is 0 Å². The molecule has 17 heavy (non-hydrogen) atoms. The first-order chi connectivity index (χ1) is 8.01. The van der Waals surface area contributed by atoms with Crippen LogP contribution >= 0.6 is 0 Å². The van der Waals surface area contributed by atoms with E-state index in [4.69, 9.17) is 0 Å². The number of nitrogens with zero attached hydrogens (tertiary/aromatic N) is 1. The highest BCUT2D eigenvalue weighted by atomic mass is 15.1. The van der Waals surface area contributed by atoms with Gasteiger partial charge < -0.3 is 10.2 Å². The molecule has 0 aromatic heterocycles. The fourth-order valence-corrected chi connectivity index (χ4v) is 2.34. The van der Waals surface area contributed by atoms with Crippen molar-refractivity contribution in [2.24, 2.45) is 5.92 Å². The highest BCUT2D eigenvalue weighted by Gasteiger charge is 2.15. The number of hydrogen-bond acceptors (Lipinski definition) is 2. The zero-order valence-electron chi connectivity index (χ0n) is 12.9. The Morgan fingerprint density at radius 1 is 1.06 bits per heavy atom. The van der Waals surface area contributed by atoms with Crippen LogP contribution in [0.3, 0.4) is 0 Å². The van der Waals surface area contributed by atoms with Crippen molar-refractivity contribution in [3.05, 3.63) is 0 Å². The lowest BCUT2D eigenvalue weighted by Gasteiger charge is -2.30. The summed E-state index contributed by atoms with van der Waals surface area (Å²) in [5.74, 6) is 0.792. The number of likely N-dealkylation sites (N-methyl/N-ethyl adjacent to an activating group) is 1. The van der Waals surface area contributed by atoms with Gasteiger partial charge in [-0.05, 0) is 45.7 Å². The molecular formula is C15H34N2. The van der Waals surface area contributed by atoms with E-state index in [9.17, 15) is 0 Å². The van der Waals surface area contributed by atoms with Crippen molar-refractivity contribution in [1.82, 2.24) is 10.2 Å². The Kier molecular flexibility index (Phi) is 9.85. The summed E-state index contributed by atoms with van der Waals surface area (Å²) in [5.41, 5.74) is 0. The minimum atomic E-state index is 0.666. The third-order valence-electron chi connectivity index (χ3n) is 3.39. The molecule has 2 unspecified atom stereocenters. The Balaban J connectivity index is 4.04. The van der Waals surface area contributed by atoms with Gasteiger partial charge in [0.1, 0.15) is 0 Å². The molecule has 2 heteroatoms. The molecule has 0 aliphatic carbocycles. The quantitative estimate of drug-likeness (QED) is 0.630. The molecule has 1 N–H and O–H groups in total. The van der Waals surface area contributed by atoms with Crippen molar-refractivity contribution in [3.8, 4) is 0 Å². The molecule has 0 saturated heterocycles. The van der Waals surface area contributed by atoms with Gasteiger partial charge in [-0.3, -0.25) is 0 Å². The normalized spacial score (nSPS) is 15.5. The molecule has 0 amide bonds. The largest absolute Gasteiger partial charge is 0.313 e. The second kappa shape index (κ2) is 9.90. The summed E-state index contributed by atoms with van der Waals surface area (Å²) in [6, 6.07) is 1.36. The van der Waals surface area contributed by atoms with E-state index in [1.165, 1.54) is 32.2 Å². The average molecular weight is 242 g/mol. The minimum Gasteiger partial charge on any atom is -0.313 e. The van der Waals surface area contributed by atoms with Crippen LogP contribution in [0.2, 0.25) is 0 Å². The standard InChI is InChI=1S/C15H34N2/c1-7-9-15(16-10-8-2)12-17(6)14(5)11-13(3)4/h13-16H,7-12H2,1-6H3. The van der Waals surface area contributed by atoms with Crippen molar-refractivity contribution in [2.75, 3.05) is 20.1 Å². The van der Waals surface area contributed by atoms with Crippen molar-refractivity contribution in [3.63, 3.8) is 0 Å².